The van der Waals surface area contributed by atoms with Crippen LogP contribution in [0, 0.1) is 25.7 Å². The zero-order chi connectivity index (χ0) is 17.8. The van der Waals surface area contributed by atoms with Gasteiger partial charge in [-0.1, -0.05) is 0 Å². The number of likely N-dealkylation sites (tertiary alicyclic amines) is 1. The minimum Gasteiger partial charge on any atom is -0.336 e. The number of nitrogens with zero attached hydrogens (tertiary/aromatic N) is 5. The second-order valence-corrected chi connectivity index (χ2v) is 8.11. The van der Waals surface area contributed by atoms with E-state index in [2.05, 4.69) is 20.2 Å². The standard InChI is InChI=1S/C19H24N6O/c1-10-7-16(21-11(2)20-10)19(26)25-8-14(12-3-4-12)15(9-25)18-22-17(23-24-18)13-5-6-13/h7,12-15H,3-6,8-9H2,1-2H3,(H,22,23,24)/t14-,15+/m1/s1. The summed E-state index contributed by atoms with van der Waals surface area (Å²) in [5, 5.41) is 7.60. The summed E-state index contributed by atoms with van der Waals surface area (Å²) >= 11 is 0. The third-order valence-electron chi connectivity index (χ3n) is 5.88. The van der Waals surface area contributed by atoms with E-state index in [9.17, 15) is 4.79 Å². The van der Waals surface area contributed by atoms with Crippen molar-refractivity contribution in [2.75, 3.05) is 13.1 Å². The Morgan fingerprint density at radius 3 is 2.62 bits per heavy atom. The van der Waals surface area contributed by atoms with Crippen molar-refractivity contribution in [3.05, 3.63) is 34.9 Å². The van der Waals surface area contributed by atoms with Gasteiger partial charge in [-0.05, 0) is 57.4 Å². The van der Waals surface area contributed by atoms with Crippen LogP contribution in [-0.2, 0) is 0 Å². The highest BCUT2D eigenvalue weighted by Gasteiger charge is 2.46. The molecule has 2 atom stereocenters. The molecule has 0 unspecified atom stereocenters. The van der Waals surface area contributed by atoms with Crippen molar-refractivity contribution >= 4 is 5.91 Å². The van der Waals surface area contributed by atoms with Gasteiger partial charge in [0, 0.05) is 30.6 Å². The molecule has 3 aliphatic rings. The number of aryl methyl sites for hydroxylation is 2. The lowest BCUT2D eigenvalue weighted by atomic mass is 9.91. The molecule has 26 heavy (non-hydrogen) atoms. The average molecular weight is 352 g/mol. The van der Waals surface area contributed by atoms with Crippen LogP contribution in [0.1, 0.15) is 71.2 Å². The highest BCUT2D eigenvalue weighted by molar-refractivity contribution is 5.92. The van der Waals surface area contributed by atoms with E-state index in [-0.39, 0.29) is 11.8 Å². The van der Waals surface area contributed by atoms with Crippen molar-refractivity contribution < 1.29 is 4.79 Å². The summed E-state index contributed by atoms with van der Waals surface area (Å²) < 4.78 is 0. The number of nitrogens with one attached hydrogen (secondary N) is 1. The summed E-state index contributed by atoms with van der Waals surface area (Å²) in [7, 11) is 0. The molecule has 0 spiro atoms. The molecule has 136 valence electrons. The van der Waals surface area contributed by atoms with E-state index in [0.29, 0.717) is 35.8 Å². The molecule has 2 aromatic rings. The van der Waals surface area contributed by atoms with E-state index in [4.69, 9.17) is 4.98 Å². The molecule has 5 rings (SSSR count). The minimum absolute atomic E-state index is 0.00804. The topological polar surface area (TPSA) is 87.7 Å². The van der Waals surface area contributed by atoms with Gasteiger partial charge in [-0.2, -0.15) is 5.10 Å². The van der Waals surface area contributed by atoms with Gasteiger partial charge >= 0.3 is 0 Å². The molecular formula is C19H24N6O. The maximum atomic E-state index is 13.0. The molecule has 1 N–H and O–H groups in total. The van der Waals surface area contributed by atoms with Crippen LogP contribution in [0.5, 0.6) is 0 Å². The molecule has 0 radical (unpaired) electrons. The van der Waals surface area contributed by atoms with Crippen LogP contribution in [0.25, 0.3) is 0 Å². The molecule has 7 heteroatoms. The molecule has 0 bridgehead atoms. The zero-order valence-electron chi connectivity index (χ0n) is 15.3. The summed E-state index contributed by atoms with van der Waals surface area (Å²) in [6.07, 6.45) is 4.92. The number of carbonyl (C=O) groups is 1. The largest absolute Gasteiger partial charge is 0.336 e. The van der Waals surface area contributed by atoms with Gasteiger partial charge in [0.25, 0.3) is 5.91 Å². The van der Waals surface area contributed by atoms with Gasteiger partial charge in [-0.3, -0.25) is 9.89 Å². The lowest BCUT2D eigenvalue weighted by molar-refractivity contribution is 0.0778. The molecular weight excluding hydrogens is 328 g/mol. The lowest BCUT2D eigenvalue weighted by Crippen LogP contribution is -2.30. The number of hydrogen-bond donors (Lipinski definition) is 1. The number of rotatable bonds is 4. The first-order chi connectivity index (χ1) is 12.6. The fourth-order valence-electron chi connectivity index (χ4n) is 4.25. The second-order valence-electron chi connectivity index (χ2n) is 8.11. The minimum atomic E-state index is 0.00804. The van der Waals surface area contributed by atoms with Crippen molar-refractivity contribution in [2.45, 2.75) is 51.4 Å². The number of amides is 1. The monoisotopic (exact) mass is 352 g/mol. The number of aromatic amines is 1. The number of carbonyl (C=O) groups excluding carboxylic acids is 1. The van der Waals surface area contributed by atoms with Gasteiger partial charge in [0.05, 0.1) is 0 Å². The van der Waals surface area contributed by atoms with Crippen LogP contribution in [0.3, 0.4) is 0 Å². The number of hydrogen-bond acceptors (Lipinski definition) is 5. The van der Waals surface area contributed by atoms with E-state index in [0.717, 1.165) is 23.9 Å². The third-order valence-corrected chi connectivity index (χ3v) is 5.88. The normalized spacial score (nSPS) is 25.7. The van der Waals surface area contributed by atoms with Crippen LogP contribution in [0.2, 0.25) is 0 Å². The summed E-state index contributed by atoms with van der Waals surface area (Å²) in [5.41, 5.74) is 1.33. The van der Waals surface area contributed by atoms with Crippen LogP contribution in [0.4, 0.5) is 0 Å². The molecule has 1 amide bonds. The Morgan fingerprint density at radius 2 is 1.92 bits per heavy atom. The molecule has 1 saturated heterocycles. The van der Waals surface area contributed by atoms with Crippen LogP contribution >= 0.6 is 0 Å². The molecule has 2 aliphatic carbocycles. The van der Waals surface area contributed by atoms with Gasteiger partial charge in [0.1, 0.15) is 17.3 Å². The Morgan fingerprint density at radius 1 is 1.12 bits per heavy atom. The van der Waals surface area contributed by atoms with Gasteiger partial charge in [-0.25, -0.2) is 15.0 Å². The Hall–Kier alpha value is -2.31. The molecule has 2 saturated carbocycles. The summed E-state index contributed by atoms with van der Waals surface area (Å²) in [4.78, 5) is 28.4. The number of H-pyrrole nitrogens is 1. The van der Waals surface area contributed by atoms with E-state index < -0.39 is 0 Å². The third kappa shape index (κ3) is 2.89. The van der Waals surface area contributed by atoms with E-state index in [1.54, 1.807) is 6.07 Å². The predicted octanol–water partition coefficient (Wildman–Crippen LogP) is 2.35. The summed E-state index contributed by atoms with van der Waals surface area (Å²) in [6, 6.07) is 1.79. The molecule has 3 heterocycles. The maximum absolute atomic E-state index is 13.0. The van der Waals surface area contributed by atoms with Crippen LogP contribution < -0.4 is 0 Å². The molecule has 3 fully saturated rings. The Kier molecular flexibility index (Phi) is 3.58. The highest BCUT2D eigenvalue weighted by atomic mass is 16.2. The average Bonchev–Trinajstić information content (AvgIpc) is 3.54. The van der Waals surface area contributed by atoms with E-state index in [1.165, 1.54) is 25.7 Å². The van der Waals surface area contributed by atoms with Gasteiger partial charge in [-0.15, -0.1) is 0 Å². The highest BCUT2D eigenvalue weighted by Crippen LogP contribution is 2.47. The fourth-order valence-corrected chi connectivity index (χ4v) is 4.25. The first-order valence-electron chi connectivity index (χ1n) is 9.62. The Labute approximate surface area is 152 Å². The first-order valence-corrected chi connectivity index (χ1v) is 9.62. The van der Waals surface area contributed by atoms with Gasteiger partial charge in [0.15, 0.2) is 5.82 Å². The quantitative estimate of drug-likeness (QED) is 0.912. The molecule has 0 aromatic carbocycles. The summed E-state index contributed by atoms with van der Waals surface area (Å²) in [6.45, 7) is 5.22. The van der Waals surface area contributed by atoms with Gasteiger partial charge < -0.3 is 4.90 Å². The zero-order valence-corrected chi connectivity index (χ0v) is 15.3. The first kappa shape index (κ1) is 15.9. The SMILES string of the molecule is Cc1cc(C(=O)N2C[C@H](c3nc(C4CC4)n[nH]3)[C@@H](C3CC3)C2)nc(C)n1. The second kappa shape index (κ2) is 5.86. The van der Waals surface area contributed by atoms with E-state index >= 15 is 0 Å². The van der Waals surface area contributed by atoms with Crippen molar-refractivity contribution in [1.82, 2.24) is 30.0 Å². The van der Waals surface area contributed by atoms with Crippen molar-refractivity contribution in [3.63, 3.8) is 0 Å². The van der Waals surface area contributed by atoms with Gasteiger partial charge in [0.2, 0.25) is 0 Å². The Bertz CT molecular complexity index is 833. The Balaban J connectivity index is 1.39. The molecule has 7 nitrogen and oxygen atoms in total. The predicted molar refractivity (Wildman–Crippen MR) is 94.7 cm³/mol. The van der Waals surface area contributed by atoms with Crippen molar-refractivity contribution in [3.8, 4) is 0 Å². The lowest BCUT2D eigenvalue weighted by Gasteiger charge is -2.16. The maximum Gasteiger partial charge on any atom is 0.272 e. The van der Waals surface area contributed by atoms with Crippen molar-refractivity contribution in [1.29, 1.82) is 0 Å². The summed E-state index contributed by atoms with van der Waals surface area (Å²) in [5.74, 6) is 4.57. The van der Waals surface area contributed by atoms with Crippen molar-refractivity contribution in [2.24, 2.45) is 11.8 Å². The van der Waals surface area contributed by atoms with E-state index in [1.807, 2.05) is 18.7 Å². The fraction of sp³-hybridized carbons (Fsp3) is 0.632. The smallest absolute Gasteiger partial charge is 0.272 e. The number of aromatic nitrogens is 5. The van der Waals surface area contributed by atoms with Crippen LogP contribution in [0.15, 0.2) is 6.07 Å². The molecule has 1 aliphatic heterocycles. The molecule has 2 aromatic heterocycles. The van der Waals surface area contributed by atoms with Crippen LogP contribution in [-0.4, -0.2) is 49.0 Å².